The fraction of sp³-hybridized carbons (Fsp3) is 0.280. The van der Waals surface area contributed by atoms with Gasteiger partial charge in [-0.25, -0.2) is 4.98 Å². The topological polar surface area (TPSA) is 101 Å². The number of rotatable bonds is 6. The Bertz CT molecular complexity index is 1250. The number of hydrogen-bond donors (Lipinski definition) is 0. The van der Waals surface area contributed by atoms with Crippen LogP contribution in [0.2, 0.25) is 0 Å². The van der Waals surface area contributed by atoms with Gasteiger partial charge in [0.2, 0.25) is 29.2 Å². The summed E-state index contributed by atoms with van der Waals surface area (Å²) in [5, 5.41) is 13.7. The maximum Gasteiger partial charge on any atom is 0.234 e. The van der Waals surface area contributed by atoms with E-state index in [1.54, 1.807) is 7.11 Å². The summed E-state index contributed by atoms with van der Waals surface area (Å²) < 4.78 is 16.8. The fourth-order valence-electron chi connectivity index (χ4n) is 4.08. The molecular weight excluding hydrogens is 418 g/mol. The minimum absolute atomic E-state index is 0.165. The van der Waals surface area contributed by atoms with Gasteiger partial charge in [0.15, 0.2) is 0 Å². The number of nitriles is 1. The van der Waals surface area contributed by atoms with Crippen LogP contribution in [0.25, 0.3) is 11.4 Å². The van der Waals surface area contributed by atoms with Gasteiger partial charge in [-0.3, -0.25) is 0 Å². The number of oxazole rings is 1. The van der Waals surface area contributed by atoms with E-state index in [2.05, 4.69) is 26.1 Å². The van der Waals surface area contributed by atoms with Crippen molar-refractivity contribution in [2.75, 3.05) is 25.1 Å². The van der Waals surface area contributed by atoms with Gasteiger partial charge in [0, 0.05) is 31.0 Å². The summed E-state index contributed by atoms with van der Waals surface area (Å²) in [5.41, 5.74) is 2.31. The van der Waals surface area contributed by atoms with Gasteiger partial charge < -0.3 is 18.6 Å². The van der Waals surface area contributed by atoms with E-state index >= 15 is 0 Å². The molecule has 2 aromatic heterocycles. The molecular formula is C25H23N5O3. The Kier molecular flexibility index (Phi) is 5.77. The number of hydrogen-bond acceptors (Lipinski definition) is 8. The van der Waals surface area contributed by atoms with Crippen molar-refractivity contribution in [1.29, 1.82) is 5.26 Å². The van der Waals surface area contributed by atoms with Crippen LogP contribution in [0.3, 0.4) is 0 Å². The summed E-state index contributed by atoms with van der Waals surface area (Å²) in [4.78, 5) is 11.1. The Morgan fingerprint density at radius 2 is 1.82 bits per heavy atom. The molecule has 8 nitrogen and oxygen atoms in total. The monoisotopic (exact) mass is 441 g/mol. The Labute approximate surface area is 191 Å². The van der Waals surface area contributed by atoms with Crippen LogP contribution >= 0.6 is 0 Å². The number of methoxy groups -OCH3 is 1. The molecule has 0 atom stereocenters. The predicted octanol–water partition coefficient (Wildman–Crippen LogP) is 4.58. The molecule has 1 aliphatic heterocycles. The van der Waals surface area contributed by atoms with E-state index in [0.29, 0.717) is 35.6 Å². The van der Waals surface area contributed by atoms with Crippen molar-refractivity contribution in [3.05, 3.63) is 77.6 Å². The second kappa shape index (κ2) is 9.17. The van der Waals surface area contributed by atoms with Crippen LogP contribution in [0.4, 0.5) is 5.88 Å². The minimum atomic E-state index is 0.165. The van der Waals surface area contributed by atoms with Crippen molar-refractivity contribution in [1.82, 2.24) is 15.1 Å². The van der Waals surface area contributed by atoms with Crippen LogP contribution in [0.15, 0.2) is 63.5 Å². The van der Waals surface area contributed by atoms with Crippen LogP contribution < -0.4 is 9.64 Å². The highest BCUT2D eigenvalue weighted by molar-refractivity contribution is 5.55. The van der Waals surface area contributed by atoms with Crippen LogP contribution in [-0.4, -0.2) is 35.3 Å². The molecule has 0 bridgehead atoms. The van der Waals surface area contributed by atoms with Crippen LogP contribution in [-0.2, 0) is 6.42 Å². The maximum absolute atomic E-state index is 9.56. The molecule has 2 aromatic carbocycles. The molecule has 33 heavy (non-hydrogen) atoms. The molecule has 1 fully saturated rings. The zero-order valence-corrected chi connectivity index (χ0v) is 18.3. The summed E-state index contributed by atoms with van der Waals surface area (Å²) in [6.07, 6.45) is 2.20. The normalized spacial score (nSPS) is 14.2. The van der Waals surface area contributed by atoms with Crippen molar-refractivity contribution >= 4 is 5.88 Å². The summed E-state index contributed by atoms with van der Waals surface area (Å²) in [6.45, 7) is 1.44. The minimum Gasteiger partial charge on any atom is -0.497 e. The Morgan fingerprint density at radius 3 is 2.52 bits per heavy atom. The lowest BCUT2D eigenvalue weighted by Gasteiger charge is -2.29. The molecule has 0 radical (unpaired) electrons. The molecule has 5 rings (SSSR count). The fourth-order valence-corrected chi connectivity index (χ4v) is 4.08. The quantitative estimate of drug-likeness (QED) is 0.429. The van der Waals surface area contributed by atoms with Crippen LogP contribution in [0.1, 0.15) is 41.8 Å². The van der Waals surface area contributed by atoms with Crippen molar-refractivity contribution in [2.45, 2.75) is 25.2 Å². The highest BCUT2D eigenvalue weighted by atomic mass is 16.5. The van der Waals surface area contributed by atoms with Gasteiger partial charge in [-0.2, -0.15) is 10.2 Å². The van der Waals surface area contributed by atoms with Crippen molar-refractivity contribution in [3.63, 3.8) is 0 Å². The van der Waals surface area contributed by atoms with Gasteiger partial charge in [-0.15, -0.1) is 0 Å². The summed E-state index contributed by atoms with van der Waals surface area (Å²) in [7, 11) is 1.64. The summed E-state index contributed by atoms with van der Waals surface area (Å²) in [6, 6.07) is 19.7. The molecule has 0 spiro atoms. The summed E-state index contributed by atoms with van der Waals surface area (Å²) >= 11 is 0. The number of benzene rings is 2. The third kappa shape index (κ3) is 4.44. The van der Waals surface area contributed by atoms with Gasteiger partial charge in [-0.05, 0) is 42.7 Å². The molecule has 0 saturated carbocycles. The zero-order valence-electron chi connectivity index (χ0n) is 18.3. The average Bonchev–Trinajstić information content (AvgIpc) is 3.52. The number of piperidine rings is 1. The first-order chi connectivity index (χ1) is 16.2. The first-order valence-corrected chi connectivity index (χ1v) is 10.9. The largest absolute Gasteiger partial charge is 0.497 e. The van der Waals surface area contributed by atoms with E-state index in [0.717, 1.165) is 42.8 Å². The van der Waals surface area contributed by atoms with E-state index in [-0.39, 0.29) is 5.92 Å². The standard InChI is InChI=1S/C25H23N5O3/c1-31-20-9-7-18(8-10-20)23-28-24(33-29-23)19-11-13-30(14-12-19)25-21(16-26)27-22(32-25)15-17-5-3-2-4-6-17/h2-10,19H,11-15H2,1H3. The predicted molar refractivity (Wildman–Crippen MR) is 121 cm³/mol. The second-order valence-corrected chi connectivity index (χ2v) is 7.98. The van der Waals surface area contributed by atoms with Crippen molar-refractivity contribution in [3.8, 4) is 23.2 Å². The Balaban J connectivity index is 1.25. The number of aromatic nitrogens is 3. The zero-order chi connectivity index (χ0) is 22.6. The molecule has 1 saturated heterocycles. The highest BCUT2D eigenvalue weighted by Gasteiger charge is 2.29. The van der Waals surface area contributed by atoms with Gasteiger partial charge in [0.1, 0.15) is 11.8 Å². The Morgan fingerprint density at radius 1 is 1.06 bits per heavy atom. The molecule has 0 aliphatic carbocycles. The van der Waals surface area contributed by atoms with E-state index in [1.807, 2.05) is 54.6 Å². The molecule has 3 heterocycles. The molecule has 8 heteroatoms. The van der Waals surface area contributed by atoms with Gasteiger partial charge in [0.05, 0.1) is 7.11 Å². The second-order valence-electron chi connectivity index (χ2n) is 7.98. The molecule has 0 unspecified atom stereocenters. The van der Waals surface area contributed by atoms with Gasteiger partial charge >= 0.3 is 0 Å². The molecule has 0 amide bonds. The van der Waals surface area contributed by atoms with E-state index in [9.17, 15) is 5.26 Å². The lowest BCUT2D eigenvalue weighted by atomic mass is 9.97. The number of ether oxygens (including phenoxy) is 1. The average molecular weight is 441 g/mol. The SMILES string of the molecule is COc1ccc(-c2noc(C3CCN(c4oc(Cc5ccccc5)nc4C#N)CC3)n2)cc1. The van der Waals surface area contributed by atoms with E-state index < -0.39 is 0 Å². The lowest BCUT2D eigenvalue weighted by Crippen LogP contribution is -2.33. The molecule has 4 aromatic rings. The molecule has 166 valence electrons. The van der Waals surface area contributed by atoms with Gasteiger partial charge in [0.25, 0.3) is 0 Å². The van der Waals surface area contributed by atoms with Crippen molar-refractivity contribution in [2.24, 2.45) is 0 Å². The lowest BCUT2D eigenvalue weighted by molar-refractivity contribution is 0.326. The van der Waals surface area contributed by atoms with Crippen LogP contribution in [0.5, 0.6) is 5.75 Å². The van der Waals surface area contributed by atoms with E-state index in [4.69, 9.17) is 13.7 Å². The number of anilines is 1. The maximum atomic E-state index is 9.56. The van der Waals surface area contributed by atoms with Crippen molar-refractivity contribution < 1.29 is 13.7 Å². The van der Waals surface area contributed by atoms with Crippen LogP contribution in [0, 0.1) is 11.3 Å². The highest BCUT2D eigenvalue weighted by Crippen LogP contribution is 2.33. The molecule has 0 N–H and O–H groups in total. The van der Waals surface area contributed by atoms with Gasteiger partial charge in [-0.1, -0.05) is 35.5 Å². The number of nitrogens with zero attached hydrogens (tertiary/aromatic N) is 5. The summed E-state index contributed by atoms with van der Waals surface area (Å²) in [5.74, 6) is 3.26. The first kappa shape index (κ1) is 20.8. The molecule has 1 aliphatic rings. The smallest absolute Gasteiger partial charge is 0.234 e. The Hall–Kier alpha value is -4.12. The van der Waals surface area contributed by atoms with E-state index in [1.165, 1.54) is 0 Å². The first-order valence-electron chi connectivity index (χ1n) is 10.9. The third-order valence-electron chi connectivity index (χ3n) is 5.88. The third-order valence-corrected chi connectivity index (χ3v) is 5.88.